The van der Waals surface area contributed by atoms with Crippen molar-refractivity contribution in [2.75, 3.05) is 24.5 Å². The average Bonchev–Trinajstić information content (AvgIpc) is 2.57. The highest BCUT2D eigenvalue weighted by atomic mass is 35.5. The fraction of sp³-hybridized carbons (Fsp3) is 0.375. The summed E-state index contributed by atoms with van der Waals surface area (Å²) in [4.78, 5) is 13.2. The molecule has 0 aliphatic carbocycles. The predicted octanol–water partition coefficient (Wildman–Crippen LogP) is 1.11. The van der Waals surface area contributed by atoms with Crippen LogP contribution in [0.1, 0.15) is 0 Å². The van der Waals surface area contributed by atoms with E-state index in [0.29, 0.717) is 6.54 Å². The van der Waals surface area contributed by atoms with Crippen LogP contribution in [0.15, 0.2) is 16.8 Å². The van der Waals surface area contributed by atoms with Crippen LogP contribution >= 0.6 is 23.7 Å². The van der Waals surface area contributed by atoms with Crippen molar-refractivity contribution in [1.82, 2.24) is 5.32 Å². The van der Waals surface area contributed by atoms with Gasteiger partial charge < -0.3 is 10.2 Å². The van der Waals surface area contributed by atoms with Crippen molar-refractivity contribution in [3.63, 3.8) is 0 Å². The second-order valence-electron chi connectivity index (χ2n) is 2.70. The Morgan fingerprint density at radius 1 is 1.54 bits per heavy atom. The highest BCUT2D eigenvalue weighted by Crippen LogP contribution is 2.18. The van der Waals surface area contributed by atoms with E-state index in [0.717, 1.165) is 18.8 Å². The van der Waals surface area contributed by atoms with Crippen LogP contribution in [0, 0.1) is 0 Å². The molecule has 1 fully saturated rings. The normalized spacial score (nSPS) is 16.9. The Bertz CT molecular complexity index is 276. The molecule has 1 aliphatic heterocycles. The molecular weight excluding hydrogens is 208 g/mol. The molecule has 72 valence electrons. The van der Waals surface area contributed by atoms with Crippen LogP contribution in [0.25, 0.3) is 0 Å². The Balaban J connectivity index is 0.000000845. The number of hydrogen-bond donors (Lipinski definition) is 1. The third kappa shape index (κ3) is 2.21. The number of anilines is 1. The number of amides is 1. The number of nitrogens with one attached hydrogen (secondary N) is 1. The molecular formula is C8H11ClN2OS. The van der Waals surface area contributed by atoms with Gasteiger partial charge in [-0.05, 0) is 11.4 Å². The lowest BCUT2D eigenvalue weighted by atomic mass is 10.3. The third-order valence-electron chi connectivity index (χ3n) is 1.91. The summed E-state index contributed by atoms with van der Waals surface area (Å²) in [5.41, 5.74) is 1.03. The van der Waals surface area contributed by atoms with Gasteiger partial charge in [0.15, 0.2) is 0 Å². The molecule has 0 unspecified atom stereocenters. The maximum atomic E-state index is 11.4. The highest BCUT2D eigenvalue weighted by molar-refractivity contribution is 7.08. The van der Waals surface area contributed by atoms with Crippen molar-refractivity contribution in [3.05, 3.63) is 16.8 Å². The maximum Gasteiger partial charge on any atom is 0.241 e. The predicted molar refractivity (Wildman–Crippen MR) is 56.8 cm³/mol. The maximum absolute atomic E-state index is 11.4. The molecule has 2 rings (SSSR count). The largest absolute Gasteiger partial charge is 0.309 e. The molecule has 0 radical (unpaired) electrons. The molecule has 1 saturated heterocycles. The Morgan fingerprint density at radius 2 is 2.38 bits per heavy atom. The van der Waals surface area contributed by atoms with Crippen LogP contribution in [-0.4, -0.2) is 25.5 Å². The van der Waals surface area contributed by atoms with Crippen molar-refractivity contribution in [2.45, 2.75) is 0 Å². The van der Waals surface area contributed by atoms with Gasteiger partial charge in [0.1, 0.15) is 0 Å². The lowest BCUT2D eigenvalue weighted by molar-refractivity contribution is -0.118. The summed E-state index contributed by atoms with van der Waals surface area (Å²) in [6, 6.07) is 1.98. The number of hydrogen-bond acceptors (Lipinski definition) is 3. The zero-order chi connectivity index (χ0) is 8.39. The lowest BCUT2D eigenvalue weighted by Crippen LogP contribution is -2.48. The van der Waals surface area contributed by atoms with Crippen molar-refractivity contribution in [2.24, 2.45) is 0 Å². The van der Waals surface area contributed by atoms with Gasteiger partial charge in [0, 0.05) is 18.5 Å². The molecule has 1 aromatic heterocycles. The first-order valence-corrected chi connectivity index (χ1v) is 4.85. The molecule has 3 nitrogen and oxygen atoms in total. The summed E-state index contributed by atoms with van der Waals surface area (Å²) in [5, 5.41) is 7.03. The van der Waals surface area contributed by atoms with E-state index in [9.17, 15) is 4.79 Å². The molecule has 1 N–H and O–H groups in total. The summed E-state index contributed by atoms with van der Waals surface area (Å²) < 4.78 is 0. The van der Waals surface area contributed by atoms with E-state index in [2.05, 4.69) is 5.32 Å². The third-order valence-corrected chi connectivity index (χ3v) is 2.58. The van der Waals surface area contributed by atoms with Crippen molar-refractivity contribution in [1.29, 1.82) is 0 Å². The topological polar surface area (TPSA) is 32.3 Å². The molecule has 0 atom stereocenters. The summed E-state index contributed by atoms with van der Waals surface area (Å²) in [6.07, 6.45) is 0. The molecule has 0 aromatic carbocycles. The molecule has 2 heterocycles. The fourth-order valence-corrected chi connectivity index (χ4v) is 1.93. The van der Waals surface area contributed by atoms with Crippen molar-refractivity contribution in [3.8, 4) is 0 Å². The standard InChI is InChI=1S/C8H10N2OS.ClH/c11-8-5-9-2-3-10(8)7-1-4-12-6-7;/h1,4,6,9H,2-3,5H2;1H. The molecule has 13 heavy (non-hydrogen) atoms. The molecule has 1 aromatic rings. The summed E-state index contributed by atoms with van der Waals surface area (Å²) in [6.45, 7) is 2.15. The SMILES string of the molecule is Cl.O=C1CNCCN1c1ccsc1. The minimum absolute atomic E-state index is 0. The lowest BCUT2D eigenvalue weighted by Gasteiger charge is -2.26. The second-order valence-corrected chi connectivity index (χ2v) is 3.48. The van der Waals surface area contributed by atoms with E-state index in [-0.39, 0.29) is 18.3 Å². The first kappa shape index (κ1) is 10.5. The molecule has 0 spiro atoms. The number of piperazine rings is 1. The Morgan fingerprint density at radius 3 is 3.00 bits per heavy atom. The summed E-state index contributed by atoms with van der Waals surface area (Å²) >= 11 is 1.62. The number of thiophene rings is 1. The van der Waals surface area contributed by atoms with E-state index >= 15 is 0 Å². The van der Waals surface area contributed by atoms with Gasteiger partial charge in [-0.1, -0.05) is 0 Å². The van der Waals surface area contributed by atoms with E-state index in [1.165, 1.54) is 0 Å². The van der Waals surface area contributed by atoms with Gasteiger partial charge in [0.2, 0.25) is 5.91 Å². The number of rotatable bonds is 1. The average molecular weight is 219 g/mol. The van der Waals surface area contributed by atoms with Crippen LogP contribution < -0.4 is 10.2 Å². The minimum Gasteiger partial charge on any atom is -0.309 e. The molecule has 5 heteroatoms. The van der Waals surface area contributed by atoms with Crippen LogP contribution in [0.3, 0.4) is 0 Å². The number of carbonyl (C=O) groups excluding carboxylic acids is 1. The van der Waals surface area contributed by atoms with Gasteiger partial charge in [0.05, 0.1) is 12.2 Å². The van der Waals surface area contributed by atoms with Gasteiger partial charge >= 0.3 is 0 Å². The van der Waals surface area contributed by atoms with Crippen LogP contribution in [0.5, 0.6) is 0 Å². The number of halogens is 1. The van der Waals surface area contributed by atoms with Crippen LogP contribution in [0.4, 0.5) is 5.69 Å². The Kier molecular flexibility index (Phi) is 3.71. The van der Waals surface area contributed by atoms with E-state index in [1.54, 1.807) is 11.3 Å². The quantitative estimate of drug-likeness (QED) is 0.766. The zero-order valence-corrected chi connectivity index (χ0v) is 8.66. The van der Waals surface area contributed by atoms with E-state index in [4.69, 9.17) is 0 Å². The van der Waals surface area contributed by atoms with Crippen LogP contribution in [-0.2, 0) is 4.79 Å². The van der Waals surface area contributed by atoms with Gasteiger partial charge in [-0.2, -0.15) is 11.3 Å². The first-order chi connectivity index (χ1) is 5.88. The van der Waals surface area contributed by atoms with E-state index < -0.39 is 0 Å². The van der Waals surface area contributed by atoms with E-state index in [1.807, 2.05) is 21.7 Å². The molecule has 1 aliphatic rings. The van der Waals surface area contributed by atoms with Crippen molar-refractivity contribution < 1.29 is 4.79 Å². The number of nitrogens with zero attached hydrogens (tertiary/aromatic N) is 1. The summed E-state index contributed by atoms with van der Waals surface area (Å²) in [5.74, 6) is 0.166. The van der Waals surface area contributed by atoms with Gasteiger partial charge in [-0.25, -0.2) is 0 Å². The van der Waals surface area contributed by atoms with Gasteiger partial charge in [-0.15, -0.1) is 12.4 Å². The second kappa shape index (κ2) is 4.60. The highest BCUT2D eigenvalue weighted by Gasteiger charge is 2.18. The zero-order valence-electron chi connectivity index (χ0n) is 7.03. The minimum atomic E-state index is 0. The molecule has 1 amide bonds. The Hall–Kier alpha value is -0.580. The number of carbonyl (C=O) groups is 1. The summed E-state index contributed by atoms with van der Waals surface area (Å²) in [7, 11) is 0. The smallest absolute Gasteiger partial charge is 0.241 e. The molecule has 0 saturated carbocycles. The van der Waals surface area contributed by atoms with Crippen LogP contribution in [0.2, 0.25) is 0 Å². The first-order valence-electron chi connectivity index (χ1n) is 3.91. The fourth-order valence-electron chi connectivity index (χ4n) is 1.29. The molecule has 0 bridgehead atoms. The Labute approximate surface area is 87.2 Å². The van der Waals surface area contributed by atoms with Crippen molar-refractivity contribution >= 4 is 35.3 Å². The monoisotopic (exact) mass is 218 g/mol. The van der Waals surface area contributed by atoms with Gasteiger partial charge in [-0.3, -0.25) is 4.79 Å². The van der Waals surface area contributed by atoms with Gasteiger partial charge in [0.25, 0.3) is 0 Å².